The van der Waals surface area contributed by atoms with E-state index < -0.39 is 0 Å². The Balaban J connectivity index is 1.58. The summed E-state index contributed by atoms with van der Waals surface area (Å²) in [6.07, 6.45) is 0.353. The fourth-order valence-electron chi connectivity index (χ4n) is 3.69. The van der Waals surface area contributed by atoms with Crippen molar-refractivity contribution in [1.29, 1.82) is 0 Å². The van der Waals surface area contributed by atoms with Crippen molar-refractivity contribution in [2.75, 3.05) is 11.4 Å². The quantitative estimate of drug-likeness (QED) is 0.387. The van der Waals surface area contributed by atoms with E-state index in [9.17, 15) is 4.79 Å². The molecule has 0 saturated carbocycles. The van der Waals surface area contributed by atoms with E-state index in [0.29, 0.717) is 25.4 Å². The van der Waals surface area contributed by atoms with Gasteiger partial charge in [0.05, 0.1) is 28.9 Å². The molecule has 2 aromatic heterocycles. The molecule has 0 aliphatic rings. The van der Waals surface area contributed by atoms with Crippen molar-refractivity contribution in [3.05, 3.63) is 77.1 Å². The van der Waals surface area contributed by atoms with Crippen LogP contribution in [0.15, 0.2) is 54.6 Å². The van der Waals surface area contributed by atoms with E-state index in [0.717, 1.165) is 32.3 Å². The molecule has 2 heterocycles. The summed E-state index contributed by atoms with van der Waals surface area (Å²) in [5.74, 6) is 0.530. The van der Waals surface area contributed by atoms with Crippen LogP contribution in [0.1, 0.15) is 42.3 Å². The van der Waals surface area contributed by atoms with Crippen LogP contribution in [0.2, 0.25) is 0 Å². The Kier molecular flexibility index (Phi) is 6.18. The highest BCUT2D eigenvalue weighted by Crippen LogP contribution is 2.29. The lowest BCUT2D eigenvalue weighted by atomic mass is 10.0. The molecule has 5 nitrogen and oxygen atoms in total. The van der Waals surface area contributed by atoms with Gasteiger partial charge in [-0.1, -0.05) is 61.6 Å². The first-order valence-electron chi connectivity index (χ1n) is 10.7. The van der Waals surface area contributed by atoms with Crippen LogP contribution >= 0.6 is 11.3 Å². The molecule has 6 heteroatoms. The number of fused-ring (bicyclic) bond motifs is 1. The molecule has 31 heavy (non-hydrogen) atoms. The topological polar surface area (TPSA) is 51.0 Å². The minimum Gasteiger partial charge on any atom is -0.286 e. The third-order valence-corrected chi connectivity index (χ3v) is 6.51. The Hall–Kier alpha value is -2.99. The SMILES string of the molecule is Cc1cc(C)n(CCN(C(=O)Cc2ccc(C(C)C)cc2)c2nc3ccccc3s2)n1. The predicted octanol–water partition coefficient (Wildman–Crippen LogP) is 5.51. The second-order valence-electron chi connectivity index (χ2n) is 8.23. The first kappa shape index (κ1) is 21.2. The number of carbonyl (C=O) groups excluding carboxylic acids is 1. The maximum atomic E-state index is 13.4. The molecule has 0 bridgehead atoms. The van der Waals surface area contributed by atoms with E-state index in [-0.39, 0.29) is 5.91 Å². The maximum absolute atomic E-state index is 13.4. The summed E-state index contributed by atoms with van der Waals surface area (Å²) in [6, 6.07) is 18.4. The summed E-state index contributed by atoms with van der Waals surface area (Å²) >= 11 is 1.56. The van der Waals surface area contributed by atoms with Crippen molar-refractivity contribution in [3.8, 4) is 0 Å². The molecule has 0 aliphatic carbocycles. The third kappa shape index (κ3) is 4.85. The van der Waals surface area contributed by atoms with Gasteiger partial charge in [-0.05, 0) is 49.1 Å². The molecule has 0 spiro atoms. The molecular formula is C25H28N4OS. The van der Waals surface area contributed by atoms with Crippen LogP contribution in [-0.4, -0.2) is 27.2 Å². The zero-order valence-corrected chi connectivity index (χ0v) is 19.3. The molecule has 0 aliphatic heterocycles. The van der Waals surface area contributed by atoms with Crippen molar-refractivity contribution < 1.29 is 4.79 Å². The number of amides is 1. The Bertz CT molecular complexity index is 1160. The lowest BCUT2D eigenvalue weighted by molar-refractivity contribution is -0.118. The van der Waals surface area contributed by atoms with Gasteiger partial charge in [0.25, 0.3) is 0 Å². The number of aryl methyl sites for hydroxylation is 2. The van der Waals surface area contributed by atoms with Crippen molar-refractivity contribution in [2.45, 2.75) is 46.6 Å². The summed E-state index contributed by atoms with van der Waals surface area (Å²) in [6.45, 7) is 9.54. The number of rotatable bonds is 7. The highest BCUT2D eigenvalue weighted by atomic mass is 32.1. The summed E-state index contributed by atoms with van der Waals surface area (Å²) in [5.41, 5.74) is 5.31. The molecule has 2 aromatic carbocycles. The van der Waals surface area contributed by atoms with Gasteiger partial charge in [0.1, 0.15) is 0 Å². The highest BCUT2D eigenvalue weighted by molar-refractivity contribution is 7.22. The molecule has 0 N–H and O–H groups in total. The van der Waals surface area contributed by atoms with Gasteiger partial charge in [0.2, 0.25) is 5.91 Å². The van der Waals surface area contributed by atoms with Crippen LogP contribution in [0.3, 0.4) is 0 Å². The van der Waals surface area contributed by atoms with Gasteiger partial charge in [-0.2, -0.15) is 5.10 Å². The van der Waals surface area contributed by atoms with E-state index >= 15 is 0 Å². The van der Waals surface area contributed by atoms with Gasteiger partial charge < -0.3 is 0 Å². The highest BCUT2D eigenvalue weighted by Gasteiger charge is 2.20. The predicted molar refractivity (Wildman–Crippen MR) is 128 cm³/mol. The monoisotopic (exact) mass is 432 g/mol. The minimum atomic E-state index is 0.0536. The molecule has 0 atom stereocenters. The Morgan fingerprint density at radius 3 is 2.48 bits per heavy atom. The lowest BCUT2D eigenvalue weighted by Gasteiger charge is -2.20. The summed E-state index contributed by atoms with van der Waals surface area (Å²) in [5, 5.41) is 5.29. The normalized spacial score (nSPS) is 11.4. The number of carbonyl (C=O) groups is 1. The average molecular weight is 433 g/mol. The second kappa shape index (κ2) is 9.02. The number of benzene rings is 2. The number of hydrogen-bond donors (Lipinski definition) is 0. The number of aromatic nitrogens is 3. The minimum absolute atomic E-state index is 0.0536. The van der Waals surface area contributed by atoms with Crippen LogP contribution in [-0.2, 0) is 17.8 Å². The number of anilines is 1. The second-order valence-corrected chi connectivity index (χ2v) is 9.24. The summed E-state index contributed by atoms with van der Waals surface area (Å²) in [4.78, 5) is 19.9. The molecule has 4 aromatic rings. The molecule has 0 saturated heterocycles. The zero-order valence-electron chi connectivity index (χ0n) is 18.5. The molecule has 0 unspecified atom stereocenters. The standard InChI is InChI=1S/C25H28N4OS/c1-17(2)21-11-9-20(10-12-21)16-24(30)28(13-14-29-19(4)15-18(3)27-29)25-26-22-7-5-6-8-23(22)31-25/h5-12,15,17H,13-14,16H2,1-4H3. The fraction of sp³-hybridized carbons (Fsp3) is 0.320. The lowest BCUT2D eigenvalue weighted by Crippen LogP contribution is -2.35. The Morgan fingerprint density at radius 2 is 1.84 bits per heavy atom. The average Bonchev–Trinajstić information content (AvgIpc) is 3.30. The third-order valence-electron chi connectivity index (χ3n) is 5.46. The molecule has 0 fully saturated rings. The maximum Gasteiger partial charge on any atom is 0.233 e. The first-order chi connectivity index (χ1) is 14.9. The van der Waals surface area contributed by atoms with Crippen LogP contribution in [0.4, 0.5) is 5.13 Å². The van der Waals surface area contributed by atoms with Crippen molar-refractivity contribution >= 4 is 32.6 Å². The van der Waals surface area contributed by atoms with E-state index in [4.69, 9.17) is 4.98 Å². The first-order valence-corrected chi connectivity index (χ1v) is 11.5. The Morgan fingerprint density at radius 1 is 1.10 bits per heavy atom. The fourth-order valence-corrected chi connectivity index (χ4v) is 4.70. The van der Waals surface area contributed by atoms with Gasteiger partial charge in [-0.25, -0.2) is 4.98 Å². The zero-order chi connectivity index (χ0) is 22.0. The van der Waals surface area contributed by atoms with Gasteiger partial charge >= 0.3 is 0 Å². The largest absolute Gasteiger partial charge is 0.286 e. The molecule has 4 rings (SSSR count). The van der Waals surface area contributed by atoms with Crippen LogP contribution < -0.4 is 4.90 Å². The van der Waals surface area contributed by atoms with Gasteiger partial charge in [-0.15, -0.1) is 0 Å². The van der Waals surface area contributed by atoms with E-state index in [1.165, 1.54) is 5.56 Å². The molecule has 160 valence electrons. The van der Waals surface area contributed by atoms with Crippen molar-refractivity contribution in [2.24, 2.45) is 0 Å². The summed E-state index contributed by atoms with van der Waals surface area (Å²) < 4.78 is 3.04. The van der Waals surface area contributed by atoms with Crippen LogP contribution in [0, 0.1) is 13.8 Å². The van der Waals surface area contributed by atoms with Crippen LogP contribution in [0.25, 0.3) is 10.2 Å². The van der Waals surface area contributed by atoms with Crippen molar-refractivity contribution in [1.82, 2.24) is 14.8 Å². The number of nitrogens with zero attached hydrogens (tertiary/aromatic N) is 4. The van der Waals surface area contributed by atoms with E-state index in [2.05, 4.69) is 49.3 Å². The Labute approximate surface area is 187 Å². The molecule has 1 amide bonds. The molecular weight excluding hydrogens is 404 g/mol. The number of para-hydroxylation sites is 1. The molecule has 0 radical (unpaired) electrons. The number of hydrogen-bond acceptors (Lipinski definition) is 4. The van der Waals surface area contributed by atoms with E-state index in [1.54, 1.807) is 11.3 Å². The van der Waals surface area contributed by atoms with Crippen molar-refractivity contribution in [3.63, 3.8) is 0 Å². The number of thiazole rings is 1. The van der Waals surface area contributed by atoms with Gasteiger partial charge in [0.15, 0.2) is 5.13 Å². The van der Waals surface area contributed by atoms with Gasteiger partial charge in [-0.3, -0.25) is 14.4 Å². The van der Waals surface area contributed by atoms with E-state index in [1.807, 2.05) is 47.7 Å². The van der Waals surface area contributed by atoms with Crippen LogP contribution in [0.5, 0.6) is 0 Å². The summed E-state index contributed by atoms with van der Waals surface area (Å²) in [7, 11) is 0. The van der Waals surface area contributed by atoms with Gasteiger partial charge in [0, 0.05) is 12.2 Å². The smallest absolute Gasteiger partial charge is 0.233 e.